The molecular formula is C14H26N4S. The Kier molecular flexibility index (Phi) is 4.81. The van der Waals surface area contributed by atoms with E-state index in [0.717, 1.165) is 26.2 Å². The predicted molar refractivity (Wildman–Crippen MR) is 83.1 cm³/mol. The summed E-state index contributed by atoms with van der Waals surface area (Å²) in [5.74, 6) is 0.705. The summed E-state index contributed by atoms with van der Waals surface area (Å²) in [5, 5.41) is 4.58. The zero-order chi connectivity index (χ0) is 14.0. The van der Waals surface area contributed by atoms with Gasteiger partial charge in [-0.25, -0.2) is 4.98 Å². The van der Waals surface area contributed by atoms with Gasteiger partial charge in [0.2, 0.25) is 0 Å². The first kappa shape index (κ1) is 14.8. The summed E-state index contributed by atoms with van der Waals surface area (Å²) in [5.41, 5.74) is 1.18. The molecule has 2 atom stereocenters. The molecule has 0 saturated carbocycles. The first-order valence-electron chi connectivity index (χ1n) is 7.11. The zero-order valence-electron chi connectivity index (χ0n) is 12.7. The van der Waals surface area contributed by atoms with Gasteiger partial charge < -0.3 is 15.1 Å². The summed E-state index contributed by atoms with van der Waals surface area (Å²) in [6.07, 6.45) is 0. The molecule has 1 N–H and O–H groups in total. The number of anilines is 1. The lowest BCUT2D eigenvalue weighted by Crippen LogP contribution is -2.34. The highest BCUT2D eigenvalue weighted by molar-refractivity contribution is 7.15. The van der Waals surface area contributed by atoms with E-state index in [-0.39, 0.29) is 0 Å². The van der Waals surface area contributed by atoms with Gasteiger partial charge >= 0.3 is 0 Å². The standard InChI is InChI=1S/C14H26N4S/c1-6-15-7-13-11(3)16-14(19-13)18-8-10(2)12(9-18)17(4)5/h10,12,15H,6-9H2,1-5H3. The molecule has 19 heavy (non-hydrogen) atoms. The summed E-state index contributed by atoms with van der Waals surface area (Å²) >= 11 is 1.85. The summed E-state index contributed by atoms with van der Waals surface area (Å²) in [7, 11) is 4.35. The second-order valence-corrected chi connectivity index (χ2v) is 6.76. The highest BCUT2D eigenvalue weighted by Gasteiger charge is 2.32. The molecule has 0 amide bonds. The fourth-order valence-corrected chi connectivity index (χ4v) is 3.78. The van der Waals surface area contributed by atoms with Crippen LogP contribution in [0.3, 0.4) is 0 Å². The number of aromatic nitrogens is 1. The summed E-state index contributed by atoms with van der Waals surface area (Å²) in [6.45, 7) is 10.8. The fraction of sp³-hybridized carbons (Fsp3) is 0.786. The number of hydrogen-bond acceptors (Lipinski definition) is 5. The molecule has 1 saturated heterocycles. The largest absolute Gasteiger partial charge is 0.346 e. The fourth-order valence-electron chi connectivity index (χ4n) is 2.73. The molecule has 0 bridgehead atoms. The monoisotopic (exact) mass is 282 g/mol. The van der Waals surface area contributed by atoms with Crippen molar-refractivity contribution in [2.45, 2.75) is 33.4 Å². The number of hydrogen-bond donors (Lipinski definition) is 1. The molecule has 1 aliphatic heterocycles. The Bertz CT molecular complexity index is 416. The van der Waals surface area contributed by atoms with Crippen molar-refractivity contribution in [1.29, 1.82) is 0 Å². The molecule has 1 aromatic rings. The van der Waals surface area contributed by atoms with Crippen LogP contribution < -0.4 is 10.2 Å². The Morgan fingerprint density at radius 3 is 2.74 bits per heavy atom. The minimum atomic E-state index is 0.640. The minimum Gasteiger partial charge on any atom is -0.346 e. The first-order valence-corrected chi connectivity index (χ1v) is 7.93. The Balaban J connectivity index is 2.07. The van der Waals surface area contributed by atoms with Crippen LogP contribution in [0.4, 0.5) is 5.13 Å². The summed E-state index contributed by atoms with van der Waals surface area (Å²) in [4.78, 5) is 10.9. The molecule has 1 aromatic heterocycles. The van der Waals surface area contributed by atoms with Gasteiger partial charge in [-0.2, -0.15) is 0 Å². The van der Waals surface area contributed by atoms with E-state index in [2.05, 4.69) is 50.0 Å². The number of rotatable bonds is 5. The van der Waals surface area contributed by atoms with Gasteiger partial charge in [-0.3, -0.25) is 0 Å². The molecule has 1 aliphatic rings. The van der Waals surface area contributed by atoms with Gasteiger partial charge in [0.25, 0.3) is 0 Å². The van der Waals surface area contributed by atoms with Crippen molar-refractivity contribution in [3.8, 4) is 0 Å². The van der Waals surface area contributed by atoms with Gasteiger partial charge in [-0.05, 0) is 33.5 Å². The van der Waals surface area contributed by atoms with Crippen LogP contribution in [0.5, 0.6) is 0 Å². The molecular weight excluding hydrogens is 256 g/mol. The van der Waals surface area contributed by atoms with E-state index in [1.165, 1.54) is 15.7 Å². The molecule has 0 aliphatic carbocycles. The van der Waals surface area contributed by atoms with Crippen LogP contribution in [0.15, 0.2) is 0 Å². The lowest BCUT2D eigenvalue weighted by molar-refractivity contribution is 0.266. The molecule has 0 radical (unpaired) electrons. The average molecular weight is 282 g/mol. The molecule has 108 valence electrons. The number of aryl methyl sites for hydroxylation is 1. The molecule has 2 unspecified atom stereocenters. The highest BCUT2D eigenvalue weighted by Crippen LogP contribution is 2.31. The summed E-state index contributed by atoms with van der Waals surface area (Å²) < 4.78 is 0. The van der Waals surface area contributed by atoms with E-state index in [1.54, 1.807) is 0 Å². The lowest BCUT2D eigenvalue weighted by Gasteiger charge is -2.22. The van der Waals surface area contributed by atoms with E-state index in [9.17, 15) is 0 Å². The number of likely N-dealkylation sites (N-methyl/N-ethyl adjacent to an activating group) is 1. The van der Waals surface area contributed by atoms with Crippen molar-refractivity contribution in [3.63, 3.8) is 0 Å². The maximum Gasteiger partial charge on any atom is 0.185 e. The normalized spacial score (nSPS) is 23.6. The Morgan fingerprint density at radius 2 is 2.16 bits per heavy atom. The minimum absolute atomic E-state index is 0.640. The topological polar surface area (TPSA) is 31.4 Å². The van der Waals surface area contributed by atoms with E-state index in [4.69, 9.17) is 4.98 Å². The summed E-state index contributed by atoms with van der Waals surface area (Å²) in [6, 6.07) is 0.640. The van der Waals surface area contributed by atoms with Crippen LogP contribution in [0.25, 0.3) is 0 Å². The third kappa shape index (κ3) is 3.27. The van der Waals surface area contributed by atoms with Crippen LogP contribution in [0.2, 0.25) is 0 Å². The van der Waals surface area contributed by atoms with Crippen molar-refractivity contribution >= 4 is 16.5 Å². The molecule has 0 aromatic carbocycles. The maximum atomic E-state index is 4.76. The van der Waals surface area contributed by atoms with E-state index < -0.39 is 0 Å². The molecule has 5 heteroatoms. The van der Waals surface area contributed by atoms with Gasteiger partial charge in [0.1, 0.15) is 0 Å². The second-order valence-electron chi connectivity index (χ2n) is 5.70. The highest BCUT2D eigenvalue weighted by atomic mass is 32.1. The SMILES string of the molecule is CCNCc1sc(N2CC(C)C(N(C)C)C2)nc1C. The first-order chi connectivity index (χ1) is 9.02. The van der Waals surface area contributed by atoms with Gasteiger partial charge in [0, 0.05) is 30.6 Å². The van der Waals surface area contributed by atoms with Crippen LogP contribution in [0, 0.1) is 12.8 Å². The molecule has 1 fully saturated rings. The van der Waals surface area contributed by atoms with Crippen molar-refractivity contribution in [2.24, 2.45) is 5.92 Å². The van der Waals surface area contributed by atoms with Crippen molar-refractivity contribution < 1.29 is 0 Å². The van der Waals surface area contributed by atoms with Gasteiger partial charge in [-0.15, -0.1) is 11.3 Å². The van der Waals surface area contributed by atoms with Gasteiger partial charge in [0.05, 0.1) is 5.69 Å². The number of nitrogens with zero attached hydrogens (tertiary/aromatic N) is 3. The third-order valence-electron chi connectivity index (χ3n) is 3.92. The quantitative estimate of drug-likeness (QED) is 0.894. The molecule has 2 rings (SSSR count). The van der Waals surface area contributed by atoms with Gasteiger partial charge in [-0.1, -0.05) is 13.8 Å². The number of thiazole rings is 1. The predicted octanol–water partition coefficient (Wildman–Crippen LogP) is 1.95. The molecule has 0 spiro atoms. The second kappa shape index (κ2) is 6.20. The zero-order valence-corrected chi connectivity index (χ0v) is 13.5. The van der Waals surface area contributed by atoms with E-state index in [0.29, 0.717) is 12.0 Å². The Labute approximate surface area is 120 Å². The molecule has 4 nitrogen and oxygen atoms in total. The smallest absolute Gasteiger partial charge is 0.185 e. The van der Waals surface area contributed by atoms with Crippen molar-refractivity contribution in [2.75, 3.05) is 38.6 Å². The van der Waals surface area contributed by atoms with E-state index >= 15 is 0 Å². The van der Waals surface area contributed by atoms with Crippen LogP contribution in [0.1, 0.15) is 24.4 Å². The molecule has 2 heterocycles. The maximum absolute atomic E-state index is 4.76. The third-order valence-corrected chi connectivity index (χ3v) is 5.14. The lowest BCUT2D eigenvalue weighted by atomic mass is 10.1. The Hall–Kier alpha value is -0.650. The van der Waals surface area contributed by atoms with Crippen LogP contribution >= 0.6 is 11.3 Å². The average Bonchev–Trinajstić information content (AvgIpc) is 2.90. The van der Waals surface area contributed by atoms with Gasteiger partial charge in [0.15, 0.2) is 5.13 Å². The van der Waals surface area contributed by atoms with Crippen molar-refractivity contribution in [3.05, 3.63) is 10.6 Å². The Morgan fingerprint density at radius 1 is 1.42 bits per heavy atom. The van der Waals surface area contributed by atoms with E-state index in [1.807, 2.05) is 11.3 Å². The number of nitrogens with one attached hydrogen (secondary N) is 1. The van der Waals surface area contributed by atoms with Crippen molar-refractivity contribution in [1.82, 2.24) is 15.2 Å². The van der Waals surface area contributed by atoms with Crippen LogP contribution in [-0.4, -0.2) is 49.7 Å². The van der Waals surface area contributed by atoms with Crippen LogP contribution in [-0.2, 0) is 6.54 Å².